The van der Waals surface area contributed by atoms with E-state index in [0.717, 1.165) is 5.56 Å². The van der Waals surface area contributed by atoms with Crippen molar-refractivity contribution in [2.45, 2.75) is 13.5 Å². The van der Waals surface area contributed by atoms with Gasteiger partial charge in [-0.15, -0.1) is 0 Å². The number of aryl methyl sites for hydroxylation is 1. The molecule has 0 aliphatic heterocycles. The van der Waals surface area contributed by atoms with Gasteiger partial charge in [-0.3, -0.25) is 4.79 Å². The SMILES string of the molecule is Cc1ccc(COc2cccc(/C=C(\C#N)C(=O)Nc3cccc(Cl)c3Cl)c2)cc1. The summed E-state index contributed by atoms with van der Waals surface area (Å²) in [4.78, 5) is 12.5. The number of ether oxygens (including phenoxy) is 1. The summed E-state index contributed by atoms with van der Waals surface area (Å²) in [5, 5.41) is 12.6. The van der Waals surface area contributed by atoms with Gasteiger partial charge in [0.15, 0.2) is 0 Å². The Morgan fingerprint density at radius 2 is 1.83 bits per heavy atom. The molecule has 0 atom stereocenters. The maximum Gasteiger partial charge on any atom is 0.266 e. The summed E-state index contributed by atoms with van der Waals surface area (Å²) in [6, 6.07) is 22.1. The van der Waals surface area contributed by atoms with E-state index in [1.165, 1.54) is 11.6 Å². The Labute approximate surface area is 185 Å². The number of carbonyl (C=O) groups is 1. The van der Waals surface area contributed by atoms with Crippen molar-refractivity contribution in [1.82, 2.24) is 0 Å². The lowest BCUT2D eigenvalue weighted by Crippen LogP contribution is -2.13. The zero-order valence-corrected chi connectivity index (χ0v) is 17.7. The summed E-state index contributed by atoms with van der Waals surface area (Å²) in [5.41, 5.74) is 3.18. The van der Waals surface area contributed by atoms with E-state index in [4.69, 9.17) is 27.9 Å². The third kappa shape index (κ3) is 5.64. The van der Waals surface area contributed by atoms with Crippen LogP contribution in [0.1, 0.15) is 16.7 Å². The molecule has 3 rings (SSSR count). The molecule has 1 N–H and O–H groups in total. The van der Waals surface area contributed by atoms with Gasteiger partial charge in [0.2, 0.25) is 0 Å². The summed E-state index contributed by atoms with van der Waals surface area (Å²) in [5.74, 6) is 0.0625. The van der Waals surface area contributed by atoms with Gasteiger partial charge in [0.1, 0.15) is 24.0 Å². The number of nitriles is 1. The molecule has 3 aromatic carbocycles. The molecule has 0 aromatic heterocycles. The van der Waals surface area contributed by atoms with Crippen LogP contribution in [0.5, 0.6) is 5.75 Å². The Morgan fingerprint density at radius 3 is 2.57 bits per heavy atom. The molecule has 3 aromatic rings. The Balaban J connectivity index is 1.73. The van der Waals surface area contributed by atoms with E-state index in [9.17, 15) is 10.1 Å². The number of nitrogens with zero attached hydrogens (tertiary/aromatic N) is 1. The van der Waals surface area contributed by atoms with Gasteiger partial charge in [-0.05, 0) is 48.4 Å². The third-order valence-corrected chi connectivity index (χ3v) is 5.08. The minimum Gasteiger partial charge on any atom is -0.489 e. The molecule has 1 amide bonds. The molecule has 0 saturated heterocycles. The first-order valence-electron chi connectivity index (χ1n) is 9.12. The molecule has 6 heteroatoms. The first-order chi connectivity index (χ1) is 14.5. The van der Waals surface area contributed by atoms with Gasteiger partial charge in [-0.2, -0.15) is 5.26 Å². The minimum atomic E-state index is -0.576. The molecular formula is C24H18Cl2N2O2. The Morgan fingerprint density at radius 1 is 1.10 bits per heavy atom. The molecule has 4 nitrogen and oxygen atoms in total. The maximum absolute atomic E-state index is 12.5. The van der Waals surface area contributed by atoms with Gasteiger partial charge in [0.05, 0.1) is 15.7 Å². The average Bonchev–Trinajstić information content (AvgIpc) is 2.75. The van der Waals surface area contributed by atoms with Crippen molar-refractivity contribution in [3.63, 3.8) is 0 Å². The van der Waals surface area contributed by atoms with Crippen LogP contribution >= 0.6 is 23.2 Å². The standard InChI is InChI=1S/C24H18Cl2N2O2/c1-16-8-10-17(11-9-16)15-30-20-5-2-4-18(13-20)12-19(14-27)24(29)28-22-7-3-6-21(25)23(22)26/h2-13H,15H2,1H3,(H,28,29)/b19-12+. The molecule has 0 fully saturated rings. The number of carbonyl (C=O) groups excluding carboxylic acids is 1. The van der Waals surface area contributed by atoms with Crippen molar-refractivity contribution in [3.05, 3.63) is 99.0 Å². The summed E-state index contributed by atoms with van der Waals surface area (Å²) >= 11 is 12.1. The van der Waals surface area contributed by atoms with Gasteiger partial charge < -0.3 is 10.1 Å². The lowest BCUT2D eigenvalue weighted by molar-refractivity contribution is -0.112. The van der Waals surface area contributed by atoms with Crippen LogP contribution in [-0.4, -0.2) is 5.91 Å². The van der Waals surface area contributed by atoms with Gasteiger partial charge in [0, 0.05) is 0 Å². The van der Waals surface area contributed by atoms with E-state index in [1.54, 1.807) is 36.4 Å². The second kappa shape index (κ2) is 9.98. The second-order valence-electron chi connectivity index (χ2n) is 6.57. The van der Waals surface area contributed by atoms with Crippen molar-refractivity contribution in [2.75, 3.05) is 5.32 Å². The first-order valence-corrected chi connectivity index (χ1v) is 9.87. The van der Waals surface area contributed by atoms with Crippen LogP contribution in [0, 0.1) is 18.3 Å². The minimum absolute atomic E-state index is 0.0678. The number of rotatable bonds is 6. The van der Waals surface area contributed by atoms with Gasteiger partial charge in [-0.25, -0.2) is 0 Å². The molecule has 0 unspecified atom stereocenters. The fraction of sp³-hybridized carbons (Fsp3) is 0.0833. The highest BCUT2D eigenvalue weighted by atomic mass is 35.5. The summed E-state index contributed by atoms with van der Waals surface area (Å²) < 4.78 is 5.83. The molecule has 150 valence electrons. The average molecular weight is 437 g/mol. The van der Waals surface area contributed by atoms with E-state index in [-0.39, 0.29) is 10.6 Å². The first kappa shape index (κ1) is 21.4. The molecule has 0 aliphatic rings. The van der Waals surface area contributed by atoms with Crippen LogP contribution in [0.4, 0.5) is 5.69 Å². The number of anilines is 1. The summed E-state index contributed by atoms with van der Waals surface area (Å²) in [7, 11) is 0. The normalized spacial score (nSPS) is 10.9. The van der Waals surface area contributed by atoms with Crippen molar-refractivity contribution in [1.29, 1.82) is 5.26 Å². The Kier molecular flexibility index (Phi) is 7.13. The van der Waals surface area contributed by atoms with Crippen molar-refractivity contribution < 1.29 is 9.53 Å². The molecule has 0 saturated carbocycles. The topological polar surface area (TPSA) is 62.1 Å². The highest BCUT2D eigenvalue weighted by Gasteiger charge is 2.13. The molecule has 30 heavy (non-hydrogen) atoms. The number of benzene rings is 3. The number of hydrogen-bond donors (Lipinski definition) is 1. The van der Waals surface area contributed by atoms with Gasteiger partial charge in [-0.1, -0.05) is 71.2 Å². The lowest BCUT2D eigenvalue weighted by Gasteiger charge is -2.09. The Bertz CT molecular complexity index is 1130. The van der Waals surface area contributed by atoms with E-state index in [2.05, 4.69) is 5.32 Å². The number of amides is 1. The van der Waals surface area contributed by atoms with E-state index in [1.807, 2.05) is 43.3 Å². The molecule has 0 heterocycles. The fourth-order valence-electron chi connectivity index (χ4n) is 2.65. The third-order valence-electron chi connectivity index (χ3n) is 4.26. The summed E-state index contributed by atoms with van der Waals surface area (Å²) in [6.07, 6.45) is 1.49. The highest BCUT2D eigenvalue weighted by molar-refractivity contribution is 6.44. The smallest absolute Gasteiger partial charge is 0.266 e. The van der Waals surface area contributed by atoms with Crippen LogP contribution in [0.25, 0.3) is 6.08 Å². The number of hydrogen-bond acceptors (Lipinski definition) is 3. The molecule has 0 spiro atoms. The molecular weight excluding hydrogens is 419 g/mol. The zero-order valence-electron chi connectivity index (χ0n) is 16.2. The van der Waals surface area contributed by atoms with Crippen LogP contribution in [0.3, 0.4) is 0 Å². The maximum atomic E-state index is 12.5. The fourth-order valence-corrected chi connectivity index (χ4v) is 3.00. The van der Waals surface area contributed by atoms with E-state index >= 15 is 0 Å². The van der Waals surface area contributed by atoms with Crippen LogP contribution in [-0.2, 0) is 11.4 Å². The Hall–Kier alpha value is -3.26. The van der Waals surface area contributed by atoms with E-state index < -0.39 is 5.91 Å². The van der Waals surface area contributed by atoms with Crippen LogP contribution in [0.15, 0.2) is 72.3 Å². The monoisotopic (exact) mass is 436 g/mol. The van der Waals surface area contributed by atoms with Crippen LogP contribution in [0.2, 0.25) is 10.0 Å². The highest BCUT2D eigenvalue weighted by Crippen LogP contribution is 2.30. The predicted octanol–water partition coefficient (Wildman–Crippen LogP) is 6.43. The van der Waals surface area contributed by atoms with Crippen molar-refractivity contribution in [3.8, 4) is 11.8 Å². The van der Waals surface area contributed by atoms with Gasteiger partial charge >= 0.3 is 0 Å². The van der Waals surface area contributed by atoms with E-state index in [0.29, 0.717) is 28.6 Å². The number of nitrogens with one attached hydrogen (secondary N) is 1. The molecule has 0 aliphatic carbocycles. The van der Waals surface area contributed by atoms with Gasteiger partial charge in [0.25, 0.3) is 5.91 Å². The predicted molar refractivity (Wildman–Crippen MR) is 121 cm³/mol. The molecule has 0 bridgehead atoms. The van der Waals surface area contributed by atoms with Crippen molar-refractivity contribution in [2.24, 2.45) is 0 Å². The molecule has 0 radical (unpaired) electrons. The quantitative estimate of drug-likeness (QED) is 0.357. The second-order valence-corrected chi connectivity index (χ2v) is 7.36. The van der Waals surface area contributed by atoms with Crippen LogP contribution < -0.4 is 10.1 Å². The number of halogens is 2. The summed E-state index contributed by atoms with van der Waals surface area (Å²) in [6.45, 7) is 2.45. The lowest BCUT2D eigenvalue weighted by atomic mass is 10.1. The van der Waals surface area contributed by atoms with Crippen molar-refractivity contribution >= 4 is 40.9 Å². The largest absolute Gasteiger partial charge is 0.489 e. The zero-order chi connectivity index (χ0) is 21.5.